The average molecular weight is 503 g/mol. The van der Waals surface area contributed by atoms with Crippen molar-refractivity contribution in [1.82, 2.24) is 9.79 Å². The van der Waals surface area contributed by atoms with Crippen LogP contribution in [0.4, 0.5) is 0 Å². The van der Waals surface area contributed by atoms with E-state index < -0.39 is 28.0 Å². The normalized spacial score (nSPS) is 19.1. The molecule has 9 heteroatoms. The molecular formula is C24H20Cl2N2O4S. The van der Waals surface area contributed by atoms with Crippen LogP contribution in [0.2, 0.25) is 10.0 Å². The van der Waals surface area contributed by atoms with Crippen LogP contribution >= 0.6 is 23.2 Å². The maximum atomic E-state index is 14.0. The number of nitrogens with one attached hydrogen (secondary N) is 1. The predicted octanol–water partition coefficient (Wildman–Crippen LogP) is 5.30. The van der Waals surface area contributed by atoms with Gasteiger partial charge >= 0.3 is 0 Å². The minimum atomic E-state index is -4.10. The molecular weight excluding hydrogens is 483 g/mol. The molecule has 3 aromatic rings. The predicted molar refractivity (Wildman–Crippen MR) is 126 cm³/mol. The van der Waals surface area contributed by atoms with Crippen molar-refractivity contribution in [2.24, 2.45) is 0 Å². The second-order valence-electron chi connectivity index (χ2n) is 7.51. The minimum Gasteiger partial charge on any atom is -0.288 e. The molecule has 1 aliphatic rings. The van der Waals surface area contributed by atoms with Crippen molar-refractivity contribution in [2.45, 2.75) is 23.4 Å². The molecule has 0 spiro atoms. The van der Waals surface area contributed by atoms with Crippen molar-refractivity contribution < 1.29 is 18.4 Å². The summed E-state index contributed by atoms with van der Waals surface area (Å²) in [5, 5.41) is 10.3. The van der Waals surface area contributed by atoms with Crippen LogP contribution in [-0.4, -0.2) is 23.8 Å². The molecule has 0 aromatic heterocycles. The van der Waals surface area contributed by atoms with Crippen molar-refractivity contribution in [3.8, 4) is 0 Å². The number of hydrogen-bond donors (Lipinski definition) is 2. The minimum absolute atomic E-state index is 0.0849. The Hall–Kier alpha value is -2.68. The molecule has 6 nitrogen and oxygen atoms in total. The Morgan fingerprint density at radius 2 is 1.61 bits per heavy atom. The largest absolute Gasteiger partial charge is 0.288 e. The Morgan fingerprint density at radius 1 is 0.909 bits per heavy atom. The molecule has 33 heavy (non-hydrogen) atoms. The SMILES string of the molecule is O=C(NO)C1=CC[C@@H](c2ccc(Cl)cc2)N(S(=O)(=O)c2ccccc2)[C@H]1c1cccc(Cl)c1. The third-order valence-corrected chi connectivity index (χ3v) is 7.89. The Bertz CT molecular complexity index is 1300. The number of carbonyl (C=O) groups excluding carboxylic acids is 1. The number of hydroxylamine groups is 1. The number of sulfonamides is 1. The number of benzene rings is 3. The van der Waals surface area contributed by atoms with Crippen LogP contribution in [0.25, 0.3) is 0 Å². The molecule has 2 atom stereocenters. The fourth-order valence-corrected chi connectivity index (χ4v) is 6.17. The van der Waals surface area contributed by atoms with E-state index in [9.17, 15) is 18.4 Å². The Kier molecular flexibility index (Phi) is 6.88. The van der Waals surface area contributed by atoms with Crippen molar-refractivity contribution in [3.05, 3.63) is 112 Å². The average Bonchev–Trinajstić information content (AvgIpc) is 2.83. The molecule has 2 N–H and O–H groups in total. The fourth-order valence-electron chi connectivity index (χ4n) is 4.04. The molecule has 1 amide bonds. The highest BCUT2D eigenvalue weighted by Crippen LogP contribution is 2.46. The monoisotopic (exact) mass is 502 g/mol. The van der Waals surface area contributed by atoms with Gasteiger partial charge in [0, 0.05) is 15.6 Å². The Morgan fingerprint density at radius 3 is 2.24 bits per heavy atom. The number of amides is 1. The highest BCUT2D eigenvalue weighted by atomic mass is 35.5. The first-order chi connectivity index (χ1) is 15.8. The van der Waals surface area contributed by atoms with Gasteiger partial charge in [-0.25, -0.2) is 13.9 Å². The zero-order valence-electron chi connectivity index (χ0n) is 17.2. The molecule has 3 aromatic carbocycles. The fraction of sp³-hybridized carbons (Fsp3) is 0.125. The smallest absolute Gasteiger partial charge is 0.272 e. The van der Waals surface area contributed by atoms with Crippen molar-refractivity contribution >= 4 is 39.1 Å². The Labute approximate surface area is 202 Å². The van der Waals surface area contributed by atoms with Gasteiger partial charge in [-0.15, -0.1) is 0 Å². The van der Waals surface area contributed by atoms with Gasteiger partial charge in [-0.1, -0.05) is 71.7 Å². The van der Waals surface area contributed by atoms with Gasteiger partial charge in [-0.2, -0.15) is 4.31 Å². The van der Waals surface area contributed by atoms with Crippen LogP contribution < -0.4 is 5.48 Å². The summed E-state index contributed by atoms with van der Waals surface area (Å²) in [4.78, 5) is 12.7. The van der Waals surface area contributed by atoms with E-state index in [1.807, 2.05) is 0 Å². The molecule has 170 valence electrons. The van der Waals surface area contributed by atoms with Gasteiger partial charge in [-0.05, 0) is 53.9 Å². The van der Waals surface area contributed by atoms with Crippen LogP contribution in [0.5, 0.6) is 0 Å². The summed E-state index contributed by atoms with van der Waals surface area (Å²) in [7, 11) is -4.10. The molecule has 1 heterocycles. The summed E-state index contributed by atoms with van der Waals surface area (Å²) in [5.74, 6) is -0.789. The number of nitrogens with zero attached hydrogens (tertiary/aromatic N) is 1. The highest BCUT2D eigenvalue weighted by molar-refractivity contribution is 7.89. The van der Waals surface area contributed by atoms with Crippen molar-refractivity contribution in [1.29, 1.82) is 0 Å². The number of rotatable bonds is 5. The first-order valence-corrected chi connectivity index (χ1v) is 12.3. The van der Waals surface area contributed by atoms with E-state index in [-0.39, 0.29) is 16.9 Å². The third-order valence-electron chi connectivity index (χ3n) is 5.52. The van der Waals surface area contributed by atoms with Gasteiger partial charge in [-0.3, -0.25) is 10.0 Å². The summed E-state index contributed by atoms with van der Waals surface area (Å²) < 4.78 is 29.3. The lowest BCUT2D eigenvalue weighted by molar-refractivity contribution is -0.126. The maximum absolute atomic E-state index is 14.0. The lowest BCUT2D eigenvalue weighted by Crippen LogP contribution is -2.43. The molecule has 0 unspecified atom stereocenters. The van der Waals surface area contributed by atoms with E-state index in [4.69, 9.17) is 23.2 Å². The Balaban J connectivity index is 1.98. The third kappa shape index (κ3) is 4.69. The molecule has 0 radical (unpaired) electrons. The second kappa shape index (κ2) is 9.67. The second-order valence-corrected chi connectivity index (χ2v) is 10.2. The molecule has 0 bridgehead atoms. The number of halogens is 2. The quantitative estimate of drug-likeness (QED) is 0.365. The van der Waals surface area contributed by atoms with Gasteiger partial charge in [0.1, 0.15) is 0 Å². The first-order valence-electron chi connectivity index (χ1n) is 10.1. The maximum Gasteiger partial charge on any atom is 0.272 e. The van der Waals surface area contributed by atoms with E-state index in [1.165, 1.54) is 16.4 Å². The van der Waals surface area contributed by atoms with E-state index in [1.54, 1.807) is 78.3 Å². The lowest BCUT2D eigenvalue weighted by atomic mass is 9.89. The van der Waals surface area contributed by atoms with Crippen LogP contribution in [0.3, 0.4) is 0 Å². The molecule has 0 saturated carbocycles. The standard InChI is InChI=1S/C24H20Cl2N2O4S/c25-18-11-9-16(10-12-18)22-14-13-21(24(29)27-30)23(17-5-4-6-19(26)15-17)28(22)33(31,32)20-7-2-1-3-8-20/h1-13,15,22-23,30H,14H2,(H,27,29)/t22-,23-/m0/s1. The van der Waals surface area contributed by atoms with Gasteiger partial charge in [0.15, 0.2) is 0 Å². The van der Waals surface area contributed by atoms with Gasteiger partial charge in [0.05, 0.1) is 17.0 Å². The number of hydrogen-bond acceptors (Lipinski definition) is 4. The highest BCUT2D eigenvalue weighted by Gasteiger charge is 2.44. The van der Waals surface area contributed by atoms with Crippen LogP contribution in [-0.2, 0) is 14.8 Å². The van der Waals surface area contributed by atoms with Gasteiger partial charge < -0.3 is 0 Å². The van der Waals surface area contributed by atoms with Crippen LogP contribution in [0.1, 0.15) is 29.6 Å². The zero-order chi connectivity index (χ0) is 23.6. The molecule has 4 rings (SSSR count). The summed E-state index contributed by atoms with van der Waals surface area (Å²) in [6.45, 7) is 0. The van der Waals surface area contributed by atoms with E-state index >= 15 is 0 Å². The summed E-state index contributed by atoms with van der Waals surface area (Å²) in [6.07, 6.45) is 1.86. The van der Waals surface area contributed by atoms with Gasteiger partial charge in [0.25, 0.3) is 5.91 Å². The molecule has 0 fully saturated rings. The van der Waals surface area contributed by atoms with Crippen molar-refractivity contribution in [3.63, 3.8) is 0 Å². The molecule has 0 saturated heterocycles. The summed E-state index contributed by atoms with van der Waals surface area (Å²) >= 11 is 12.3. The lowest BCUT2D eigenvalue weighted by Gasteiger charge is -2.41. The summed E-state index contributed by atoms with van der Waals surface area (Å²) in [5.41, 5.74) is 2.95. The molecule has 0 aliphatic carbocycles. The van der Waals surface area contributed by atoms with Crippen molar-refractivity contribution in [2.75, 3.05) is 0 Å². The molecule has 1 aliphatic heterocycles. The van der Waals surface area contributed by atoms with E-state index in [2.05, 4.69) is 0 Å². The zero-order valence-corrected chi connectivity index (χ0v) is 19.6. The van der Waals surface area contributed by atoms with E-state index in [0.717, 1.165) is 0 Å². The van der Waals surface area contributed by atoms with Crippen LogP contribution in [0, 0.1) is 0 Å². The first kappa shape index (κ1) is 23.5. The van der Waals surface area contributed by atoms with E-state index in [0.29, 0.717) is 21.2 Å². The topological polar surface area (TPSA) is 86.7 Å². The summed E-state index contributed by atoms with van der Waals surface area (Å²) in [6, 6.07) is 19.9. The van der Waals surface area contributed by atoms with Gasteiger partial charge in [0.2, 0.25) is 10.0 Å². The van der Waals surface area contributed by atoms with Crippen LogP contribution in [0.15, 0.2) is 95.4 Å². The number of carbonyl (C=O) groups is 1.